The van der Waals surface area contributed by atoms with E-state index in [1.807, 2.05) is 20.8 Å². The van der Waals surface area contributed by atoms with E-state index in [1.54, 1.807) is 0 Å². The van der Waals surface area contributed by atoms with Gasteiger partial charge in [0.2, 0.25) is 0 Å². The standard InChI is InChI=1S/C16H28O3Si/c1-7-17-20(18-8-2,19-9-3)12-16-14(5)10-13(4)11-15(16)6/h10-11H,7-9,12H2,1-6H3. The average Bonchev–Trinajstić information content (AvgIpc) is 2.35. The van der Waals surface area contributed by atoms with Gasteiger partial charge in [-0.25, -0.2) is 0 Å². The molecule has 3 nitrogen and oxygen atoms in total. The average molecular weight is 296 g/mol. The molecule has 0 aromatic heterocycles. The molecule has 0 amide bonds. The maximum absolute atomic E-state index is 5.95. The first-order valence-electron chi connectivity index (χ1n) is 7.46. The zero-order valence-electron chi connectivity index (χ0n) is 13.7. The van der Waals surface area contributed by atoms with Crippen LogP contribution in [-0.2, 0) is 19.3 Å². The van der Waals surface area contributed by atoms with Gasteiger partial charge >= 0.3 is 8.80 Å². The summed E-state index contributed by atoms with van der Waals surface area (Å²) in [6, 6.07) is 5.18. The Labute approximate surface area is 124 Å². The third-order valence-corrected chi connectivity index (χ3v) is 6.30. The Balaban J connectivity index is 3.11. The van der Waals surface area contributed by atoms with E-state index in [-0.39, 0.29) is 0 Å². The van der Waals surface area contributed by atoms with Gasteiger partial charge in [-0.15, -0.1) is 0 Å². The van der Waals surface area contributed by atoms with Gasteiger partial charge in [0.15, 0.2) is 0 Å². The highest BCUT2D eigenvalue weighted by Crippen LogP contribution is 2.23. The molecule has 0 radical (unpaired) electrons. The molecule has 0 spiro atoms. The molecule has 0 bridgehead atoms. The van der Waals surface area contributed by atoms with E-state index in [4.69, 9.17) is 13.3 Å². The van der Waals surface area contributed by atoms with Gasteiger partial charge in [-0.2, -0.15) is 0 Å². The minimum Gasteiger partial charge on any atom is -0.374 e. The first kappa shape index (κ1) is 17.4. The molecule has 0 saturated heterocycles. The van der Waals surface area contributed by atoms with Gasteiger partial charge in [-0.1, -0.05) is 17.7 Å². The van der Waals surface area contributed by atoms with E-state index in [2.05, 4.69) is 32.9 Å². The minimum atomic E-state index is -2.62. The fourth-order valence-corrected chi connectivity index (χ4v) is 5.51. The van der Waals surface area contributed by atoms with Crippen LogP contribution in [-0.4, -0.2) is 28.6 Å². The molecule has 0 aliphatic heterocycles. The van der Waals surface area contributed by atoms with Crippen molar-refractivity contribution in [3.8, 4) is 0 Å². The van der Waals surface area contributed by atoms with Crippen molar-refractivity contribution in [3.05, 3.63) is 34.4 Å². The van der Waals surface area contributed by atoms with E-state index in [9.17, 15) is 0 Å². The molecule has 1 aromatic rings. The molecule has 4 heteroatoms. The quantitative estimate of drug-likeness (QED) is 0.684. The molecule has 0 fully saturated rings. The third-order valence-electron chi connectivity index (χ3n) is 3.33. The minimum absolute atomic E-state index is 0.621. The van der Waals surface area contributed by atoms with Gasteiger partial charge in [0.05, 0.1) is 0 Å². The predicted octanol–water partition coefficient (Wildman–Crippen LogP) is 3.74. The summed E-state index contributed by atoms with van der Waals surface area (Å²) in [5.41, 5.74) is 5.18. The molecule has 0 N–H and O–H groups in total. The molecule has 1 rings (SSSR count). The summed E-state index contributed by atoms with van der Waals surface area (Å²) >= 11 is 0. The lowest BCUT2D eigenvalue weighted by molar-refractivity contribution is 0.0703. The van der Waals surface area contributed by atoms with Crippen molar-refractivity contribution in [1.29, 1.82) is 0 Å². The lowest BCUT2D eigenvalue weighted by atomic mass is 10.0. The SMILES string of the molecule is CCO[Si](Cc1c(C)cc(C)cc1C)(OCC)OCC. The number of benzene rings is 1. The highest BCUT2D eigenvalue weighted by atomic mass is 28.4. The highest BCUT2D eigenvalue weighted by molar-refractivity contribution is 6.60. The molecule has 114 valence electrons. The molecule has 0 atom stereocenters. The maximum atomic E-state index is 5.95. The number of aryl methyl sites for hydroxylation is 3. The number of rotatable bonds is 8. The molecule has 0 aliphatic rings. The first-order valence-corrected chi connectivity index (χ1v) is 9.39. The molecule has 1 aromatic carbocycles. The van der Waals surface area contributed by atoms with Gasteiger partial charge in [-0.3, -0.25) is 0 Å². The van der Waals surface area contributed by atoms with Gasteiger partial charge in [0.25, 0.3) is 0 Å². The van der Waals surface area contributed by atoms with Crippen LogP contribution in [0.5, 0.6) is 0 Å². The van der Waals surface area contributed by atoms with Crippen molar-refractivity contribution in [2.75, 3.05) is 19.8 Å². The molecule has 0 saturated carbocycles. The summed E-state index contributed by atoms with van der Waals surface area (Å²) in [6.07, 6.45) is 0. The zero-order chi connectivity index (χ0) is 15.2. The van der Waals surface area contributed by atoms with Crippen LogP contribution in [0.15, 0.2) is 12.1 Å². The zero-order valence-corrected chi connectivity index (χ0v) is 14.7. The molecule has 0 unspecified atom stereocenters. The van der Waals surface area contributed by atoms with Crippen molar-refractivity contribution >= 4 is 8.80 Å². The lowest BCUT2D eigenvalue weighted by Crippen LogP contribution is -2.49. The largest absolute Gasteiger partial charge is 0.505 e. The van der Waals surface area contributed by atoms with Crippen molar-refractivity contribution in [1.82, 2.24) is 0 Å². The Bertz CT molecular complexity index is 392. The Morgan fingerprint density at radius 2 is 1.20 bits per heavy atom. The van der Waals surface area contributed by atoms with E-state index in [0.29, 0.717) is 19.8 Å². The summed E-state index contributed by atoms with van der Waals surface area (Å²) in [6.45, 7) is 14.3. The molecule has 0 heterocycles. The van der Waals surface area contributed by atoms with Gasteiger partial charge in [0.1, 0.15) is 0 Å². The van der Waals surface area contributed by atoms with E-state index >= 15 is 0 Å². The van der Waals surface area contributed by atoms with Crippen molar-refractivity contribution < 1.29 is 13.3 Å². The van der Waals surface area contributed by atoms with Crippen LogP contribution in [0.3, 0.4) is 0 Å². The first-order chi connectivity index (χ1) is 9.48. The van der Waals surface area contributed by atoms with Crippen molar-refractivity contribution in [3.63, 3.8) is 0 Å². The maximum Gasteiger partial charge on any atom is 0.505 e. The Hall–Kier alpha value is -0.683. The summed E-state index contributed by atoms with van der Waals surface area (Å²) in [4.78, 5) is 0. The highest BCUT2D eigenvalue weighted by Gasteiger charge is 2.41. The van der Waals surface area contributed by atoms with Crippen molar-refractivity contribution in [2.45, 2.75) is 47.6 Å². The second kappa shape index (κ2) is 7.93. The van der Waals surface area contributed by atoms with Crippen LogP contribution in [0, 0.1) is 20.8 Å². The van der Waals surface area contributed by atoms with Crippen LogP contribution in [0.25, 0.3) is 0 Å². The van der Waals surface area contributed by atoms with Crippen molar-refractivity contribution in [2.24, 2.45) is 0 Å². The van der Waals surface area contributed by atoms with Gasteiger partial charge in [0, 0.05) is 25.9 Å². The van der Waals surface area contributed by atoms with Gasteiger partial charge < -0.3 is 13.3 Å². The third kappa shape index (κ3) is 4.41. The second-order valence-electron chi connectivity index (χ2n) is 5.04. The lowest BCUT2D eigenvalue weighted by Gasteiger charge is -2.29. The van der Waals surface area contributed by atoms with Gasteiger partial charge in [-0.05, 0) is 58.2 Å². The van der Waals surface area contributed by atoms with Crippen LogP contribution >= 0.6 is 0 Å². The van der Waals surface area contributed by atoms with Crippen LogP contribution in [0.1, 0.15) is 43.0 Å². The van der Waals surface area contributed by atoms with Crippen LogP contribution in [0.2, 0.25) is 0 Å². The van der Waals surface area contributed by atoms with Crippen LogP contribution < -0.4 is 0 Å². The molecular formula is C16H28O3Si. The summed E-state index contributed by atoms with van der Waals surface area (Å²) < 4.78 is 17.8. The summed E-state index contributed by atoms with van der Waals surface area (Å²) in [5.74, 6) is 0. The summed E-state index contributed by atoms with van der Waals surface area (Å²) in [7, 11) is -2.62. The Morgan fingerprint density at radius 3 is 1.55 bits per heavy atom. The fraction of sp³-hybridized carbons (Fsp3) is 0.625. The number of hydrogen-bond donors (Lipinski definition) is 0. The van der Waals surface area contributed by atoms with Crippen LogP contribution in [0.4, 0.5) is 0 Å². The Kier molecular flexibility index (Phi) is 6.89. The fourth-order valence-electron chi connectivity index (χ4n) is 2.64. The van der Waals surface area contributed by atoms with E-state index in [1.165, 1.54) is 22.3 Å². The van der Waals surface area contributed by atoms with E-state index in [0.717, 1.165) is 6.04 Å². The predicted molar refractivity (Wildman–Crippen MR) is 85.0 cm³/mol. The smallest absolute Gasteiger partial charge is 0.374 e. The monoisotopic (exact) mass is 296 g/mol. The topological polar surface area (TPSA) is 27.7 Å². The molecular weight excluding hydrogens is 268 g/mol. The second-order valence-corrected chi connectivity index (χ2v) is 7.62. The van der Waals surface area contributed by atoms with E-state index < -0.39 is 8.80 Å². The summed E-state index contributed by atoms with van der Waals surface area (Å²) in [5, 5.41) is 0. The normalized spacial score (nSPS) is 11.9. The molecule has 20 heavy (non-hydrogen) atoms. The Morgan fingerprint density at radius 1 is 0.800 bits per heavy atom. The molecule has 0 aliphatic carbocycles. The number of hydrogen-bond acceptors (Lipinski definition) is 3.